The number of aryl methyl sites for hydroxylation is 1. The highest BCUT2D eigenvalue weighted by Gasteiger charge is 2.31. The van der Waals surface area contributed by atoms with Gasteiger partial charge in [-0.2, -0.15) is 5.10 Å². The van der Waals surface area contributed by atoms with Crippen molar-refractivity contribution in [3.63, 3.8) is 0 Å². The van der Waals surface area contributed by atoms with Gasteiger partial charge in [0.1, 0.15) is 0 Å². The van der Waals surface area contributed by atoms with Crippen LogP contribution >= 0.6 is 0 Å². The zero-order valence-electron chi connectivity index (χ0n) is 14.1. The molecule has 0 radical (unpaired) electrons. The fraction of sp³-hybridized carbons (Fsp3) is 0.316. The highest BCUT2D eigenvalue weighted by Crippen LogP contribution is 2.31. The average molecular weight is 336 g/mol. The Bertz CT molecular complexity index is 868. The van der Waals surface area contributed by atoms with Crippen molar-refractivity contribution in [3.05, 3.63) is 60.0 Å². The summed E-state index contributed by atoms with van der Waals surface area (Å²) in [5.74, 6) is 0.511. The molecule has 0 spiro atoms. The normalized spacial score (nSPS) is 17.6. The van der Waals surface area contributed by atoms with Crippen LogP contribution < -0.4 is 0 Å². The smallest absolute Gasteiger partial charge is 0.276 e. The largest absolute Gasteiger partial charge is 0.355 e. The summed E-state index contributed by atoms with van der Waals surface area (Å²) < 4.78 is 7.16. The van der Waals surface area contributed by atoms with Crippen LogP contribution in [0.3, 0.4) is 0 Å². The molecule has 1 atom stereocenters. The minimum atomic E-state index is -0.0960. The van der Waals surface area contributed by atoms with Gasteiger partial charge in [-0.05, 0) is 25.3 Å². The molecular formula is C19H20N4O2. The van der Waals surface area contributed by atoms with E-state index in [1.165, 1.54) is 0 Å². The number of benzene rings is 1. The SMILES string of the molecule is Cn1ccc([C@H]2CCCCN2C(=O)c2cc(-c3ccccc3)on2)n1. The van der Waals surface area contributed by atoms with E-state index in [9.17, 15) is 4.79 Å². The Morgan fingerprint density at radius 1 is 1.20 bits per heavy atom. The Labute approximate surface area is 146 Å². The predicted octanol–water partition coefficient (Wildman–Crippen LogP) is 3.44. The van der Waals surface area contributed by atoms with Crippen molar-refractivity contribution in [3.8, 4) is 11.3 Å². The van der Waals surface area contributed by atoms with E-state index in [1.807, 2.05) is 54.5 Å². The predicted molar refractivity (Wildman–Crippen MR) is 92.8 cm³/mol. The molecule has 6 nitrogen and oxygen atoms in total. The number of hydrogen-bond acceptors (Lipinski definition) is 4. The third-order valence-electron chi connectivity index (χ3n) is 4.63. The maximum Gasteiger partial charge on any atom is 0.276 e. The lowest BCUT2D eigenvalue weighted by molar-refractivity contribution is 0.0595. The number of piperidine rings is 1. The second-order valence-corrected chi connectivity index (χ2v) is 6.37. The van der Waals surface area contributed by atoms with Gasteiger partial charge in [-0.15, -0.1) is 0 Å². The van der Waals surface area contributed by atoms with E-state index in [-0.39, 0.29) is 11.9 Å². The van der Waals surface area contributed by atoms with Gasteiger partial charge in [-0.1, -0.05) is 35.5 Å². The van der Waals surface area contributed by atoms with Crippen molar-refractivity contribution in [2.45, 2.75) is 25.3 Å². The molecule has 4 rings (SSSR count). The van der Waals surface area contributed by atoms with Crippen LogP contribution in [0.15, 0.2) is 53.2 Å². The van der Waals surface area contributed by atoms with Crippen molar-refractivity contribution >= 4 is 5.91 Å². The molecule has 1 fully saturated rings. The highest BCUT2D eigenvalue weighted by molar-refractivity contribution is 5.93. The first kappa shape index (κ1) is 15.6. The number of amides is 1. The first-order valence-corrected chi connectivity index (χ1v) is 8.55. The van der Waals surface area contributed by atoms with Crippen molar-refractivity contribution in [2.75, 3.05) is 6.54 Å². The molecule has 1 aliphatic rings. The van der Waals surface area contributed by atoms with E-state index in [2.05, 4.69) is 10.3 Å². The van der Waals surface area contributed by atoms with E-state index >= 15 is 0 Å². The number of carbonyl (C=O) groups is 1. The first-order chi connectivity index (χ1) is 12.2. The lowest BCUT2D eigenvalue weighted by Gasteiger charge is -2.34. The molecule has 0 bridgehead atoms. The molecule has 1 aromatic carbocycles. The van der Waals surface area contributed by atoms with Gasteiger partial charge >= 0.3 is 0 Å². The maximum atomic E-state index is 13.0. The van der Waals surface area contributed by atoms with E-state index in [1.54, 1.807) is 10.7 Å². The number of rotatable bonds is 3. The fourth-order valence-corrected chi connectivity index (χ4v) is 3.35. The maximum absolute atomic E-state index is 13.0. The lowest BCUT2D eigenvalue weighted by atomic mass is 9.99. The molecule has 2 aromatic heterocycles. The zero-order chi connectivity index (χ0) is 17.2. The van der Waals surface area contributed by atoms with Crippen LogP contribution in [-0.4, -0.2) is 32.3 Å². The molecule has 0 N–H and O–H groups in total. The van der Waals surface area contributed by atoms with Crippen LogP contribution in [-0.2, 0) is 7.05 Å². The minimum absolute atomic E-state index is 0.000625. The monoisotopic (exact) mass is 336 g/mol. The molecular weight excluding hydrogens is 316 g/mol. The summed E-state index contributed by atoms with van der Waals surface area (Å²) in [6, 6.07) is 13.4. The first-order valence-electron chi connectivity index (χ1n) is 8.55. The standard InChI is InChI=1S/C19H20N4O2/c1-22-12-10-15(20-22)17-9-5-6-11-23(17)19(24)16-13-18(25-21-16)14-7-3-2-4-8-14/h2-4,7-8,10,12-13,17H,5-6,9,11H2,1H3/t17-/m1/s1. The fourth-order valence-electron chi connectivity index (χ4n) is 3.35. The molecule has 128 valence electrons. The number of aromatic nitrogens is 3. The molecule has 25 heavy (non-hydrogen) atoms. The molecule has 1 amide bonds. The van der Waals surface area contributed by atoms with E-state index < -0.39 is 0 Å². The molecule has 1 aliphatic heterocycles. The second kappa shape index (κ2) is 6.55. The Hall–Kier alpha value is -2.89. The van der Waals surface area contributed by atoms with Crippen LogP contribution in [0.1, 0.15) is 41.5 Å². The summed E-state index contributed by atoms with van der Waals surface area (Å²) in [5.41, 5.74) is 2.19. The van der Waals surface area contributed by atoms with E-state index in [0.29, 0.717) is 18.0 Å². The van der Waals surface area contributed by atoms with Gasteiger partial charge in [0.05, 0.1) is 11.7 Å². The molecule has 3 aromatic rings. The third kappa shape index (κ3) is 3.07. The quantitative estimate of drug-likeness (QED) is 0.735. The third-order valence-corrected chi connectivity index (χ3v) is 4.63. The Morgan fingerprint density at radius 3 is 2.80 bits per heavy atom. The second-order valence-electron chi connectivity index (χ2n) is 6.37. The summed E-state index contributed by atoms with van der Waals surface area (Å²) in [5, 5.41) is 8.50. The molecule has 0 saturated carbocycles. The Morgan fingerprint density at radius 2 is 2.04 bits per heavy atom. The van der Waals surface area contributed by atoms with Crippen LogP contribution in [0.5, 0.6) is 0 Å². The number of nitrogens with zero attached hydrogens (tertiary/aromatic N) is 4. The summed E-state index contributed by atoms with van der Waals surface area (Å²) in [6.07, 6.45) is 4.93. The van der Waals surface area contributed by atoms with Crippen LogP contribution in [0.2, 0.25) is 0 Å². The van der Waals surface area contributed by atoms with Gasteiger partial charge in [-0.3, -0.25) is 9.48 Å². The van der Waals surface area contributed by atoms with Crippen molar-refractivity contribution in [1.82, 2.24) is 19.8 Å². The number of likely N-dealkylation sites (tertiary alicyclic amines) is 1. The summed E-state index contributed by atoms with van der Waals surface area (Å²) in [7, 11) is 1.89. The van der Waals surface area contributed by atoms with Gasteiger partial charge in [0, 0.05) is 31.4 Å². The van der Waals surface area contributed by atoms with E-state index in [0.717, 1.165) is 30.5 Å². The van der Waals surface area contributed by atoms with Gasteiger partial charge in [0.25, 0.3) is 5.91 Å². The van der Waals surface area contributed by atoms with Gasteiger partial charge < -0.3 is 9.42 Å². The zero-order valence-corrected chi connectivity index (χ0v) is 14.1. The topological polar surface area (TPSA) is 64.2 Å². The van der Waals surface area contributed by atoms with Crippen LogP contribution in [0.25, 0.3) is 11.3 Å². The molecule has 3 heterocycles. The summed E-state index contributed by atoms with van der Waals surface area (Å²) in [6.45, 7) is 0.716. The van der Waals surface area contributed by atoms with Gasteiger partial charge in [-0.25, -0.2) is 0 Å². The molecule has 0 aliphatic carbocycles. The summed E-state index contributed by atoms with van der Waals surface area (Å²) >= 11 is 0. The summed E-state index contributed by atoms with van der Waals surface area (Å²) in [4.78, 5) is 14.9. The Balaban J connectivity index is 1.60. The molecule has 0 unspecified atom stereocenters. The van der Waals surface area contributed by atoms with Crippen LogP contribution in [0.4, 0.5) is 0 Å². The van der Waals surface area contributed by atoms with Crippen LogP contribution in [0, 0.1) is 0 Å². The Kier molecular flexibility index (Phi) is 4.09. The molecule has 6 heteroatoms. The van der Waals surface area contributed by atoms with Gasteiger partial charge in [0.15, 0.2) is 11.5 Å². The van der Waals surface area contributed by atoms with Gasteiger partial charge in [0.2, 0.25) is 0 Å². The average Bonchev–Trinajstić information content (AvgIpc) is 3.31. The number of hydrogen-bond donors (Lipinski definition) is 0. The van der Waals surface area contributed by atoms with Crippen molar-refractivity contribution < 1.29 is 9.32 Å². The van der Waals surface area contributed by atoms with Crippen molar-refractivity contribution in [2.24, 2.45) is 7.05 Å². The van der Waals surface area contributed by atoms with E-state index in [4.69, 9.17) is 4.52 Å². The molecule has 1 saturated heterocycles. The highest BCUT2D eigenvalue weighted by atomic mass is 16.5. The minimum Gasteiger partial charge on any atom is -0.355 e. The number of carbonyl (C=O) groups excluding carboxylic acids is 1. The lowest BCUT2D eigenvalue weighted by Crippen LogP contribution is -2.38. The van der Waals surface area contributed by atoms with Crippen molar-refractivity contribution in [1.29, 1.82) is 0 Å².